The SMILES string of the molecule is CNCCCOCC(O)COP(=O)([O-])OCCOCCOP(C)(=O)[O-].CNCCCOCC(O)COP(C)(=O)[O-].COCCOCCOP(C)(=O)[O-]. The van der Waals surface area contributed by atoms with Crippen molar-refractivity contribution in [3.05, 3.63) is 0 Å². The summed E-state index contributed by atoms with van der Waals surface area (Å²) in [7, 11) is -10.5. The molecule has 0 rings (SSSR count). The van der Waals surface area contributed by atoms with Crippen molar-refractivity contribution >= 4 is 30.6 Å². The Morgan fingerprint density at radius 2 is 0.865 bits per heavy atom. The number of methoxy groups -OCH3 is 1. The van der Waals surface area contributed by atoms with Crippen molar-refractivity contribution in [2.24, 2.45) is 0 Å². The molecule has 6 atom stereocenters. The van der Waals surface area contributed by atoms with Gasteiger partial charge in [0.05, 0.1) is 79.3 Å². The Balaban J connectivity index is -0.000000756. The molecular formula is C26H60N2O20P4-4. The lowest BCUT2D eigenvalue weighted by atomic mass is 10.4. The normalized spacial score (nSPS) is 17.2. The average molecular weight is 845 g/mol. The molecular weight excluding hydrogens is 784 g/mol. The second kappa shape index (κ2) is 35.6. The van der Waals surface area contributed by atoms with E-state index >= 15 is 0 Å². The van der Waals surface area contributed by atoms with E-state index in [0.717, 1.165) is 45.9 Å². The van der Waals surface area contributed by atoms with E-state index < -0.39 is 49.4 Å². The third-order valence-electron chi connectivity index (χ3n) is 4.99. The van der Waals surface area contributed by atoms with Gasteiger partial charge in [-0.25, -0.2) is 0 Å². The summed E-state index contributed by atoms with van der Waals surface area (Å²) in [6.07, 6.45) is -0.381. The van der Waals surface area contributed by atoms with Crippen LogP contribution in [0, 0.1) is 0 Å². The molecule has 0 aliphatic carbocycles. The second-order valence-electron chi connectivity index (χ2n) is 10.4. The molecule has 0 spiro atoms. The molecule has 0 aromatic heterocycles. The molecule has 0 aromatic carbocycles. The summed E-state index contributed by atoms with van der Waals surface area (Å²) in [5, 5.41) is 24.7. The topological polar surface area (TPSA) is 317 Å². The van der Waals surface area contributed by atoms with Crippen LogP contribution in [0.3, 0.4) is 0 Å². The van der Waals surface area contributed by atoms with Crippen molar-refractivity contribution in [2.45, 2.75) is 25.0 Å². The first-order valence-corrected chi connectivity index (χ1v) is 23.5. The van der Waals surface area contributed by atoms with Crippen LogP contribution in [0.2, 0.25) is 0 Å². The van der Waals surface area contributed by atoms with E-state index in [-0.39, 0.29) is 59.5 Å². The zero-order chi connectivity index (χ0) is 40.4. The van der Waals surface area contributed by atoms with Gasteiger partial charge in [0.25, 0.3) is 7.82 Å². The molecule has 0 saturated heterocycles. The first-order valence-electron chi connectivity index (χ1n) is 16.0. The van der Waals surface area contributed by atoms with Crippen LogP contribution in [0.5, 0.6) is 0 Å². The van der Waals surface area contributed by atoms with Gasteiger partial charge in [-0.2, -0.15) is 0 Å². The van der Waals surface area contributed by atoms with Crippen molar-refractivity contribution < 1.29 is 94.3 Å². The van der Waals surface area contributed by atoms with Gasteiger partial charge in [-0.1, -0.05) is 0 Å². The van der Waals surface area contributed by atoms with Crippen molar-refractivity contribution in [1.82, 2.24) is 10.6 Å². The quantitative estimate of drug-likeness (QED) is 0.0399. The van der Waals surface area contributed by atoms with Crippen LogP contribution in [0.1, 0.15) is 12.8 Å². The molecule has 0 aromatic rings. The van der Waals surface area contributed by atoms with Gasteiger partial charge >= 0.3 is 0 Å². The summed E-state index contributed by atoms with van der Waals surface area (Å²) in [5.41, 5.74) is 0. The van der Waals surface area contributed by atoms with Crippen LogP contribution in [0.15, 0.2) is 0 Å². The van der Waals surface area contributed by atoms with Gasteiger partial charge in [0.1, 0.15) is 35.0 Å². The number of hydrogen-bond donors (Lipinski definition) is 4. The molecule has 0 radical (unpaired) electrons. The Kier molecular flexibility index (Phi) is 38.7. The Labute approximate surface area is 307 Å². The summed E-state index contributed by atoms with van der Waals surface area (Å²) < 4.78 is 90.4. The van der Waals surface area contributed by atoms with E-state index in [0.29, 0.717) is 26.4 Å². The lowest BCUT2D eigenvalue weighted by molar-refractivity contribution is -0.228. The van der Waals surface area contributed by atoms with Gasteiger partial charge in [0, 0.05) is 40.3 Å². The van der Waals surface area contributed by atoms with Gasteiger partial charge in [-0.15, -0.1) is 0 Å². The third kappa shape index (κ3) is 54.5. The number of hydrogen-bond acceptors (Lipinski definition) is 22. The number of nitrogens with one attached hydrogen (secondary N) is 2. The molecule has 0 aliphatic rings. The van der Waals surface area contributed by atoms with E-state index in [1.54, 1.807) is 7.11 Å². The van der Waals surface area contributed by atoms with Gasteiger partial charge in [-0.3, -0.25) is 4.57 Å². The van der Waals surface area contributed by atoms with Gasteiger partial charge in [0.15, 0.2) is 0 Å². The van der Waals surface area contributed by atoms with Crippen LogP contribution in [0.4, 0.5) is 0 Å². The average Bonchev–Trinajstić information content (AvgIpc) is 3.03. The molecule has 0 fully saturated rings. The van der Waals surface area contributed by atoms with Gasteiger partial charge in [-0.05, 0) is 40.0 Å². The highest BCUT2D eigenvalue weighted by molar-refractivity contribution is 7.50. The summed E-state index contributed by atoms with van der Waals surface area (Å²) in [4.78, 5) is 43.2. The smallest absolute Gasteiger partial charge is 0.268 e. The van der Waals surface area contributed by atoms with Crippen molar-refractivity contribution in [3.8, 4) is 0 Å². The molecule has 0 heterocycles. The van der Waals surface area contributed by atoms with E-state index in [1.165, 1.54) is 0 Å². The lowest BCUT2D eigenvalue weighted by Crippen LogP contribution is -2.24. The summed E-state index contributed by atoms with van der Waals surface area (Å²) in [6, 6.07) is 0. The van der Waals surface area contributed by atoms with Crippen LogP contribution in [0.25, 0.3) is 0 Å². The maximum Gasteiger partial charge on any atom is 0.268 e. The van der Waals surface area contributed by atoms with E-state index in [9.17, 15) is 48.0 Å². The summed E-state index contributed by atoms with van der Waals surface area (Å²) in [5.74, 6) is 0. The molecule has 6 unspecified atom stereocenters. The van der Waals surface area contributed by atoms with Crippen molar-refractivity contribution in [1.29, 1.82) is 0 Å². The molecule has 0 bridgehead atoms. The largest absolute Gasteiger partial charge is 0.779 e. The molecule has 22 nitrogen and oxygen atoms in total. The summed E-state index contributed by atoms with van der Waals surface area (Å²) >= 11 is 0. The molecule has 0 amide bonds. The number of phosphoric ester groups is 1. The van der Waals surface area contributed by atoms with Crippen molar-refractivity contribution in [2.75, 3.05) is 147 Å². The van der Waals surface area contributed by atoms with E-state index in [2.05, 4.69) is 33.3 Å². The maximum absolute atomic E-state index is 11.4. The summed E-state index contributed by atoms with van der Waals surface area (Å²) in [6.45, 7) is 5.52. The zero-order valence-electron chi connectivity index (χ0n) is 30.9. The fourth-order valence-corrected chi connectivity index (χ4v) is 4.73. The lowest BCUT2D eigenvalue weighted by Gasteiger charge is -2.24. The van der Waals surface area contributed by atoms with E-state index in [1.807, 2.05) is 14.1 Å². The first kappa shape index (κ1) is 56.5. The van der Waals surface area contributed by atoms with Crippen LogP contribution < -0.4 is 30.2 Å². The highest BCUT2D eigenvalue weighted by atomic mass is 31.2. The predicted octanol–water partition coefficient (Wildman–Crippen LogP) is -2.29. The highest BCUT2D eigenvalue weighted by Crippen LogP contribution is 2.38. The molecule has 0 aliphatic heterocycles. The van der Waals surface area contributed by atoms with Crippen molar-refractivity contribution in [3.63, 3.8) is 0 Å². The van der Waals surface area contributed by atoms with E-state index in [4.69, 9.17) is 23.7 Å². The van der Waals surface area contributed by atoms with Crippen LogP contribution in [-0.4, -0.2) is 169 Å². The number of aliphatic hydroxyl groups excluding tert-OH is 2. The fraction of sp³-hybridized carbons (Fsp3) is 1.00. The minimum Gasteiger partial charge on any atom is -0.779 e. The predicted molar refractivity (Wildman–Crippen MR) is 182 cm³/mol. The Morgan fingerprint density at radius 3 is 1.23 bits per heavy atom. The monoisotopic (exact) mass is 844 g/mol. The first-order chi connectivity index (χ1) is 24.2. The molecule has 318 valence electrons. The van der Waals surface area contributed by atoms with Crippen LogP contribution >= 0.6 is 30.6 Å². The maximum atomic E-state index is 11.4. The molecule has 26 heteroatoms. The zero-order valence-corrected chi connectivity index (χ0v) is 34.5. The van der Waals surface area contributed by atoms with Gasteiger partial charge < -0.3 is 100 Å². The number of ether oxygens (including phenoxy) is 5. The number of rotatable bonds is 33. The minimum absolute atomic E-state index is 0.0307. The molecule has 52 heavy (non-hydrogen) atoms. The minimum atomic E-state index is -4.56. The van der Waals surface area contributed by atoms with Crippen LogP contribution in [-0.2, 0) is 64.6 Å². The number of aliphatic hydroxyl groups is 2. The highest BCUT2D eigenvalue weighted by Gasteiger charge is 2.13. The Hall–Kier alpha value is 0.200. The second-order valence-corrected chi connectivity index (χ2v) is 17.3. The standard InChI is InChI=1S/C12H29NO10P2.C8H20NO5P.C6H15O5P/c1-13-4-3-5-20-10-12(14)11-23-25(17,18)22-9-7-19-6-8-21-24(2,15)16;1-9-4-3-5-13-6-8(10)7-14-15(2,11)12;1-9-3-4-10-5-6-11-12(2,7)8/h12-14H,3-11H2,1-2H3,(H,15,16)(H,17,18);8-10H,3-7H2,1-2H3,(H,11,12);3-6H2,1-2H3,(H,7,8)/p-4. The fourth-order valence-electron chi connectivity index (χ4n) is 2.75. The third-order valence-corrected chi connectivity index (χ3v) is 7.88. The van der Waals surface area contributed by atoms with Gasteiger partial charge in [0.2, 0.25) is 0 Å². The molecule has 0 saturated carbocycles. The number of phosphoric acid groups is 1. The Morgan fingerprint density at radius 1 is 0.500 bits per heavy atom. The Bertz CT molecular complexity index is 985. The molecule has 4 N–H and O–H groups in total.